The van der Waals surface area contributed by atoms with Gasteiger partial charge in [0.1, 0.15) is 5.41 Å². The zero-order valence-electron chi connectivity index (χ0n) is 11.5. The average Bonchev–Trinajstić information content (AvgIpc) is 2.59. The Bertz CT molecular complexity index is 521. The van der Waals surface area contributed by atoms with Crippen LogP contribution in [0.1, 0.15) is 30.4 Å². The summed E-state index contributed by atoms with van der Waals surface area (Å²) in [7, 11) is 0. The number of carbonyl (C=O) groups is 2. The molecular formula is C16H19NO3. The zero-order valence-corrected chi connectivity index (χ0v) is 11.5. The fourth-order valence-electron chi connectivity index (χ4n) is 3.22. The predicted molar refractivity (Wildman–Crippen MR) is 74.3 cm³/mol. The third kappa shape index (κ3) is 1.99. The van der Waals surface area contributed by atoms with E-state index in [1.165, 1.54) is 11.1 Å². The summed E-state index contributed by atoms with van der Waals surface area (Å²) >= 11 is 0. The lowest BCUT2D eigenvalue weighted by molar-refractivity contribution is -0.167. The van der Waals surface area contributed by atoms with Crippen LogP contribution in [0.15, 0.2) is 24.3 Å². The Morgan fingerprint density at radius 1 is 1.05 bits per heavy atom. The third-order valence-corrected chi connectivity index (χ3v) is 4.73. The van der Waals surface area contributed by atoms with Crippen molar-refractivity contribution in [3.8, 4) is 0 Å². The minimum absolute atomic E-state index is 0.177. The molecule has 0 radical (unpaired) electrons. The highest BCUT2D eigenvalue weighted by molar-refractivity contribution is 6.02. The van der Waals surface area contributed by atoms with Crippen LogP contribution in [-0.2, 0) is 22.4 Å². The SMILES string of the molecule is O=C(O)C1(C(=O)N2CCc3ccccc3CC2)CCC1. The highest BCUT2D eigenvalue weighted by Crippen LogP contribution is 2.43. The molecule has 106 valence electrons. The number of hydrogen-bond donors (Lipinski definition) is 1. The number of aliphatic carboxylic acids is 1. The van der Waals surface area contributed by atoms with Crippen LogP contribution in [0.5, 0.6) is 0 Å². The first-order valence-electron chi connectivity index (χ1n) is 7.23. The standard InChI is InChI=1S/C16H19NO3/c18-14(16(15(19)20)8-3-9-16)17-10-6-12-4-1-2-5-13(12)7-11-17/h1-2,4-5H,3,6-11H2,(H,19,20). The second kappa shape index (κ2) is 4.93. The molecule has 1 saturated carbocycles. The summed E-state index contributed by atoms with van der Waals surface area (Å²) in [6.45, 7) is 1.26. The van der Waals surface area contributed by atoms with Crippen LogP contribution >= 0.6 is 0 Å². The Morgan fingerprint density at radius 3 is 2.00 bits per heavy atom. The molecule has 1 heterocycles. The topological polar surface area (TPSA) is 57.6 Å². The van der Waals surface area contributed by atoms with E-state index in [1.54, 1.807) is 4.90 Å². The number of amides is 1. The van der Waals surface area contributed by atoms with Crippen LogP contribution in [0.4, 0.5) is 0 Å². The minimum atomic E-state index is -1.13. The van der Waals surface area contributed by atoms with Crippen molar-refractivity contribution in [1.29, 1.82) is 0 Å². The van der Waals surface area contributed by atoms with E-state index in [-0.39, 0.29) is 5.91 Å². The number of carboxylic acids is 1. The van der Waals surface area contributed by atoms with Crippen molar-refractivity contribution >= 4 is 11.9 Å². The zero-order chi connectivity index (χ0) is 14.2. The van der Waals surface area contributed by atoms with Crippen LogP contribution < -0.4 is 0 Å². The monoisotopic (exact) mass is 273 g/mol. The van der Waals surface area contributed by atoms with Gasteiger partial charge in [0.15, 0.2) is 0 Å². The van der Waals surface area contributed by atoms with Crippen molar-refractivity contribution in [3.05, 3.63) is 35.4 Å². The molecule has 2 aliphatic rings. The Kier molecular flexibility index (Phi) is 3.24. The maximum absolute atomic E-state index is 12.6. The fraction of sp³-hybridized carbons (Fsp3) is 0.500. The molecule has 1 aliphatic heterocycles. The molecule has 0 spiro atoms. The van der Waals surface area contributed by atoms with Gasteiger partial charge in [0.25, 0.3) is 0 Å². The molecule has 0 bridgehead atoms. The van der Waals surface area contributed by atoms with E-state index in [4.69, 9.17) is 0 Å². The molecule has 1 aromatic rings. The number of carbonyl (C=O) groups excluding carboxylic acids is 1. The first-order chi connectivity index (χ1) is 9.63. The van der Waals surface area contributed by atoms with E-state index < -0.39 is 11.4 Å². The summed E-state index contributed by atoms with van der Waals surface area (Å²) in [5.41, 5.74) is 1.43. The quantitative estimate of drug-likeness (QED) is 0.837. The number of fused-ring (bicyclic) bond motifs is 1. The Hall–Kier alpha value is -1.84. The molecule has 4 nitrogen and oxygen atoms in total. The van der Waals surface area contributed by atoms with Gasteiger partial charge in [-0.25, -0.2) is 0 Å². The molecule has 3 rings (SSSR count). The maximum atomic E-state index is 12.6. The number of carboxylic acid groups (broad SMARTS) is 1. The molecule has 1 aliphatic carbocycles. The Morgan fingerprint density at radius 2 is 1.60 bits per heavy atom. The Labute approximate surface area is 118 Å². The highest BCUT2D eigenvalue weighted by atomic mass is 16.4. The normalized spacial score (nSPS) is 20.5. The van der Waals surface area contributed by atoms with Gasteiger partial charge >= 0.3 is 5.97 Å². The van der Waals surface area contributed by atoms with Gasteiger partial charge < -0.3 is 10.0 Å². The molecule has 4 heteroatoms. The lowest BCUT2D eigenvalue weighted by atomic mass is 9.67. The summed E-state index contributed by atoms with van der Waals surface area (Å²) < 4.78 is 0. The molecule has 1 amide bonds. The molecule has 1 aromatic carbocycles. The van der Waals surface area contributed by atoms with Crippen LogP contribution in [0, 0.1) is 5.41 Å². The van der Waals surface area contributed by atoms with Crippen molar-refractivity contribution in [2.45, 2.75) is 32.1 Å². The van der Waals surface area contributed by atoms with Crippen LogP contribution in [0.25, 0.3) is 0 Å². The molecule has 0 saturated heterocycles. The Balaban J connectivity index is 1.77. The van der Waals surface area contributed by atoms with Gasteiger partial charge in [0, 0.05) is 13.1 Å². The van der Waals surface area contributed by atoms with Crippen LogP contribution in [0.2, 0.25) is 0 Å². The first-order valence-corrected chi connectivity index (χ1v) is 7.23. The summed E-state index contributed by atoms with van der Waals surface area (Å²) in [5.74, 6) is -1.13. The van der Waals surface area contributed by atoms with E-state index in [0.29, 0.717) is 25.9 Å². The molecule has 0 aromatic heterocycles. The van der Waals surface area contributed by atoms with Crippen molar-refractivity contribution in [2.24, 2.45) is 5.41 Å². The highest BCUT2D eigenvalue weighted by Gasteiger charge is 2.52. The van der Waals surface area contributed by atoms with Crippen molar-refractivity contribution < 1.29 is 14.7 Å². The van der Waals surface area contributed by atoms with Gasteiger partial charge in [-0.15, -0.1) is 0 Å². The molecule has 1 fully saturated rings. The first kappa shape index (κ1) is 13.2. The lowest BCUT2D eigenvalue weighted by Crippen LogP contribution is -2.53. The molecular weight excluding hydrogens is 254 g/mol. The maximum Gasteiger partial charge on any atom is 0.319 e. The van der Waals surface area contributed by atoms with E-state index in [0.717, 1.165) is 19.3 Å². The number of hydrogen-bond acceptors (Lipinski definition) is 2. The number of rotatable bonds is 2. The third-order valence-electron chi connectivity index (χ3n) is 4.73. The van der Waals surface area contributed by atoms with Gasteiger partial charge in [-0.05, 0) is 36.8 Å². The smallest absolute Gasteiger partial charge is 0.319 e. The van der Waals surface area contributed by atoms with Gasteiger partial charge in [0.2, 0.25) is 5.91 Å². The van der Waals surface area contributed by atoms with Gasteiger partial charge in [-0.2, -0.15) is 0 Å². The molecule has 20 heavy (non-hydrogen) atoms. The van der Waals surface area contributed by atoms with E-state index >= 15 is 0 Å². The van der Waals surface area contributed by atoms with Gasteiger partial charge in [0.05, 0.1) is 0 Å². The minimum Gasteiger partial charge on any atom is -0.480 e. The summed E-state index contributed by atoms with van der Waals surface area (Å²) in [4.78, 5) is 25.8. The summed E-state index contributed by atoms with van der Waals surface area (Å²) in [6, 6.07) is 8.22. The number of nitrogens with zero attached hydrogens (tertiary/aromatic N) is 1. The summed E-state index contributed by atoms with van der Waals surface area (Å²) in [6.07, 6.45) is 3.45. The van der Waals surface area contributed by atoms with E-state index in [9.17, 15) is 14.7 Å². The van der Waals surface area contributed by atoms with Crippen LogP contribution in [0.3, 0.4) is 0 Å². The number of benzene rings is 1. The van der Waals surface area contributed by atoms with Gasteiger partial charge in [-0.3, -0.25) is 9.59 Å². The van der Waals surface area contributed by atoms with E-state index in [2.05, 4.69) is 12.1 Å². The fourth-order valence-corrected chi connectivity index (χ4v) is 3.22. The van der Waals surface area contributed by atoms with Crippen molar-refractivity contribution in [1.82, 2.24) is 4.90 Å². The largest absolute Gasteiger partial charge is 0.480 e. The summed E-state index contributed by atoms with van der Waals surface area (Å²) in [5, 5.41) is 9.38. The van der Waals surface area contributed by atoms with Crippen molar-refractivity contribution in [2.75, 3.05) is 13.1 Å². The van der Waals surface area contributed by atoms with E-state index in [1.807, 2.05) is 12.1 Å². The predicted octanol–water partition coefficient (Wildman–Crippen LogP) is 1.87. The van der Waals surface area contributed by atoms with Crippen molar-refractivity contribution in [3.63, 3.8) is 0 Å². The van der Waals surface area contributed by atoms with Gasteiger partial charge in [-0.1, -0.05) is 30.7 Å². The molecule has 1 N–H and O–H groups in total. The second-order valence-electron chi connectivity index (χ2n) is 5.80. The second-order valence-corrected chi connectivity index (χ2v) is 5.80. The average molecular weight is 273 g/mol. The molecule has 0 atom stereocenters. The van der Waals surface area contributed by atoms with Crippen LogP contribution in [-0.4, -0.2) is 35.0 Å². The molecule has 0 unspecified atom stereocenters. The lowest BCUT2D eigenvalue weighted by Gasteiger charge is -2.39.